The lowest BCUT2D eigenvalue weighted by atomic mass is 10.2. The number of anilines is 2. The quantitative estimate of drug-likeness (QED) is 0.912. The van der Waals surface area contributed by atoms with Gasteiger partial charge in [0, 0.05) is 25.7 Å². The average molecular weight is 281 g/mol. The number of halogens is 1. The Kier molecular flexibility index (Phi) is 4.27. The molecule has 0 amide bonds. The van der Waals surface area contributed by atoms with Crippen LogP contribution in [-0.2, 0) is 6.54 Å². The van der Waals surface area contributed by atoms with Crippen LogP contribution >= 0.6 is 11.6 Å². The summed E-state index contributed by atoms with van der Waals surface area (Å²) in [4.78, 5) is 10.5. The maximum absolute atomic E-state index is 6.15. The van der Waals surface area contributed by atoms with Crippen molar-refractivity contribution in [2.24, 2.45) is 0 Å². The molecule has 102 valence electrons. The molecule has 2 rings (SSSR count). The fourth-order valence-corrected chi connectivity index (χ4v) is 2.01. The molecule has 0 saturated heterocycles. The molecule has 2 heterocycles. The summed E-state index contributed by atoms with van der Waals surface area (Å²) in [6, 6.07) is 1.95. The van der Waals surface area contributed by atoms with Crippen LogP contribution in [0.15, 0.2) is 22.9 Å². The molecular weight excluding hydrogens is 264 g/mol. The van der Waals surface area contributed by atoms with Gasteiger partial charge < -0.3 is 14.6 Å². The van der Waals surface area contributed by atoms with Crippen LogP contribution in [0.25, 0.3) is 0 Å². The van der Waals surface area contributed by atoms with E-state index in [0.717, 1.165) is 17.9 Å². The van der Waals surface area contributed by atoms with Crippen LogP contribution in [0.1, 0.15) is 18.2 Å². The number of aromatic nitrogens is 2. The first kappa shape index (κ1) is 13.7. The molecule has 0 saturated carbocycles. The van der Waals surface area contributed by atoms with Crippen LogP contribution in [0.3, 0.4) is 0 Å². The summed E-state index contributed by atoms with van der Waals surface area (Å²) in [5, 5.41) is 3.61. The van der Waals surface area contributed by atoms with Gasteiger partial charge in [0.2, 0.25) is 5.95 Å². The topological polar surface area (TPSA) is 54.2 Å². The highest BCUT2D eigenvalue weighted by Crippen LogP contribution is 2.24. The molecule has 2 aromatic rings. The number of hydrogen-bond donors (Lipinski definition) is 1. The smallest absolute Gasteiger partial charge is 0.224 e. The maximum atomic E-state index is 6.15. The Morgan fingerprint density at radius 1 is 1.47 bits per heavy atom. The number of furan rings is 1. The van der Waals surface area contributed by atoms with Gasteiger partial charge in [0.15, 0.2) is 5.82 Å². The van der Waals surface area contributed by atoms with Crippen molar-refractivity contribution in [3.8, 4) is 0 Å². The van der Waals surface area contributed by atoms with Gasteiger partial charge in [-0.25, -0.2) is 4.98 Å². The zero-order valence-electron chi connectivity index (χ0n) is 11.3. The summed E-state index contributed by atoms with van der Waals surface area (Å²) >= 11 is 6.15. The SMILES string of the molecule is CCNc1ncc(Cl)c(N(C)Cc2ccoc2C)n1. The highest BCUT2D eigenvalue weighted by molar-refractivity contribution is 6.32. The highest BCUT2D eigenvalue weighted by atomic mass is 35.5. The van der Waals surface area contributed by atoms with Crippen molar-refractivity contribution in [1.82, 2.24) is 9.97 Å². The number of nitrogens with zero attached hydrogens (tertiary/aromatic N) is 3. The van der Waals surface area contributed by atoms with Crippen LogP contribution in [0.5, 0.6) is 0 Å². The second-order valence-corrected chi connectivity index (χ2v) is 4.66. The van der Waals surface area contributed by atoms with Gasteiger partial charge in [-0.05, 0) is 19.9 Å². The lowest BCUT2D eigenvalue weighted by Gasteiger charge is -2.19. The van der Waals surface area contributed by atoms with E-state index >= 15 is 0 Å². The van der Waals surface area contributed by atoms with Gasteiger partial charge in [-0.3, -0.25) is 0 Å². The van der Waals surface area contributed by atoms with Gasteiger partial charge >= 0.3 is 0 Å². The van der Waals surface area contributed by atoms with Gasteiger partial charge in [-0.1, -0.05) is 11.6 Å². The standard InChI is InChI=1S/C13H17ClN4O/c1-4-15-13-16-7-11(14)12(17-13)18(3)8-10-5-6-19-9(10)2/h5-7H,4,8H2,1-3H3,(H,15,16,17). The summed E-state index contributed by atoms with van der Waals surface area (Å²) in [6.07, 6.45) is 3.30. The number of nitrogens with one attached hydrogen (secondary N) is 1. The zero-order chi connectivity index (χ0) is 13.8. The molecule has 0 unspecified atom stereocenters. The van der Waals surface area contributed by atoms with Crippen molar-refractivity contribution in [3.63, 3.8) is 0 Å². The van der Waals surface area contributed by atoms with E-state index in [1.165, 1.54) is 0 Å². The third-order valence-corrected chi connectivity index (χ3v) is 3.06. The minimum atomic E-state index is 0.533. The minimum absolute atomic E-state index is 0.533. The van der Waals surface area contributed by atoms with E-state index in [9.17, 15) is 0 Å². The second kappa shape index (κ2) is 5.93. The molecule has 0 radical (unpaired) electrons. The Bertz CT molecular complexity index is 555. The molecule has 6 heteroatoms. The predicted octanol–water partition coefficient (Wildman–Crippen LogP) is 3.10. The van der Waals surface area contributed by atoms with Gasteiger partial charge in [0.1, 0.15) is 10.8 Å². The third-order valence-electron chi connectivity index (χ3n) is 2.80. The lowest BCUT2D eigenvalue weighted by molar-refractivity contribution is 0.529. The van der Waals surface area contributed by atoms with Gasteiger partial charge in [0.05, 0.1) is 12.5 Å². The monoisotopic (exact) mass is 280 g/mol. The summed E-state index contributed by atoms with van der Waals surface area (Å²) in [5.74, 6) is 2.19. The molecule has 0 aromatic carbocycles. The van der Waals surface area contributed by atoms with E-state index < -0.39 is 0 Å². The van der Waals surface area contributed by atoms with E-state index in [-0.39, 0.29) is 0 Å². The molecule has 5 nitrogen and oxygen atoms in total. The number of aryl methyl sites for hydroxylation is 1. The second-order valence-electron chi connectivity index (χ2n) is 4.25. The minimum Gasteiger partial charge on any atom is -0.469 e. The summed E-state index contributed by atoms with van der Waals surface area (Å²) in [7, 11) is 1.94. The first-order valence-electron chi connectivity index (χ1n) is 6.12. The first-order chi connectivity index (χ1) is 9.11. The Labute approximate surface area is 117 Å². The molecule has 0 bridgehead atoms. The fraction of sp³-hybridized carbons (Fsp3) is 0.385. The van der Waals surface area contributed by atoms with Crippen molar-refractivity contribution < 1.29 is 4.42 Å². The van der Waals surface area contributed by atoms with Crippen molar-refractivity contribution in [3.05, 3.63) is 34.9 Å². The number of rotatable bonds is 5. The third kappa shape index (κ3) is 3.17. The van der Waals surface area contributed by atoms with Crippen LogP contribution < -0.4 is 10.2 Å². The van der Waals surface area contributed by atoms with Gasteiger partial charge in [-0.2, -0.15) is 4.98 Å². The Morgan fingerprint density at radius 2 is 2.26 bits per heavy atom. The van der Waals surface area contributed by atoms with Gasteiger partial charge in [-0.15, -0.1) is 0 Å². The van der Waals surface area contributed by atoms with Crippen molar-refractivity contribution in [1.29, 1.82) is 0 Å². The molecule has 19 heavy (non-hydrogen) atoms. The fourth-order valence-electron chi connectivity index (χ4n) is 1.77. The van der Waals surface area contributed by atoms with E-state index in [1.54, 1.807) is 12.5 Å². The molecule has 2 aromatic heterocycles. The maximum Gasteiger partial charge on any atom is 0.224 e. The Hall–Kier alpha value is -1.75. The average Bonchev–Trinajstić information content (AvgIpc) is 2.77. The van der Waals surface area contributed by atoms with Crippen molar-refractivity contribution in [2.45, 2.75) is 20.4 Å². The molecule has 0 aliphatic carbocycles. The zero-order valence-corrected chi connectivity index (χ0v) is 12.0. The molecule has 0 fully saturated rings. The predicted molar refractivity (Wildman–Crippen MR) is 76.8 cm³/mol. The van der Waals surface area contributed by atoms with Crippen LogP contribution in [0.4, 0.5) is 11.8 Å². The summed E-state index contributed by atoms with van der Waals surface area (Å²) in [5.41, 5.74) is 1.11. The van der Waals surface area contributed by atoms with Crippen LogP contribution in [0, 0.1) is 6.92 Å². The summed E-state index contributed by atoms with van der Waals surface area (Å²) in [6.45, 7) is 5.39. The van der Waals surface area contributed by atoms with Gasteiger partial charge in [0.25, 0.3) is 0 Å². The van der Waals surface area contributed by atoms with Crippen molar-refractivity contribution in [2.75, 3.05) is 23.8 Å². The largest absolute Gasteiger partial charge is 0.469 e. The first-order valence-corrected chi connectivity index (χ1v) is 6.50. The molecular formula is C13H17ClN4O. The molecule has 0 atom stereocenters. The molecule has 1 N–H and O–H groups in total. The van der Waals surface area contributed by atoms with E-state index in [0.29, 0.717) is 23.3 Å². The van der Waals surface area contributed by atoms with Crippen molar-refractivity contribution >= 4 is 23.4 Å². The molecule has 0 spiro atoms. The number of hydrogen-bond acceptors (Lipinski definition) is 5. The van der Waals surface area contributed by atoms with Crippen LogP contribution in [0.2, 0.25) is 5.02 Å². The normalized spacial score (nSPS) is 10.5. The van der Waals surface area contributed by atoms with Crippen LogP contribution in [-0.4, -0.2) is 23.6 Å². The highest BCUT2D eigenvalue weighted by Gasteiger charge is 2.12. The molecule has 0 aliphatic heterocycles. The lowest BCUT2D eigenvalue weighted by Crippen LogP contribution is -2.19. The molecule has 0 aliphatic rings. The van der Waals surface area contributed by atoms with E-state index in [4.69, 9.17) is 16.0 Å². The summed E-state index contributed by atoms with van der Waals surface area (Å²) < 4.78 is 5.29. The Balaban J connectivity index is 2.20. The van der Waals surface area contributed by atoms with E-state index in [1.807, 2.05) is 31.9 Å². The van der Waals surface area contributed by atoms with E-state index in [2.05, 4.69) is 15.3 Å². The Morgan fingerprint density at radius 3 is 2.89 bits per heavy atom.